The lowest BCUT2D eigenvalue weighted by molar-refractivity contribution is 0.355. The molecule has 3 aromatic rings. The van der Waals surface area contributed by atoms with Crippen LogP contribution in [0.15, 0.2) is 42.5 Å². The molecule has 0 aliphatic carbocycles. The molecule has 0 saturated carbocycles. The highest BCUT2D eigenvalue weighted by Gasteiger charge is 2.16. The first-order valence-electron chi connectivity index (χ1n) is 7.70. The van der Waals surface area contributed by atoms with Crippen molar-refractivity contribution < 1.29 is 14.2 Å². The quantitative estimate of drug-likeness (QED) is 0.716. The molecule has 1 heterocycles. The van der Waals surface area contributed by atoms with E-state index in [0.717, 1.165) is 16.9 Å². The summed E-state index contributed by atoms with van der Waals surface area (Å²) in [6, 6.07) is 12.6. The van der Waals surface area contributed by atoms with Gasteiger partial charge in [0.2, 0.25) is 0 Å². The van der Waals surface area contributed by atoms with E-state index in [-0.39, 0.29) is 0 Å². The fourth-order valence-corrected chi connectivity index (χ4v) is 2.49. The molecular formula is C18H20N4O3. The summed E-state index contributed by atoms with van der Waals surface area (Å²) < 4.78 is 15.7. The van der Waals surface area contributed by atoms with Crippen LogP contribution in [0.3, 0.4) is 0 Å². The number of nitrogens with two attached hydrogens (primary N) is 1. The average Bonchev–Trinajstić information content (AvgIpc) is 3.17. The van der Waals surface area contributed by atoms with Crippen molar-refractivity contribution >= 4 is 0 Å². The molecular weight excluding hydrogens is 320 g/mol. The fourth-order valence-electron chi connectivity index (χ4n) is 2.49. The third kappa shape index (κ3) is 3.41. The van der Waals surface area contributed by atoms with Crippen LogP contribution in [0.25, 0.3) is 11.4 Å². The van der Waals surface area contributed by atoms with Crippen LogP contribution >= 0.6 is 0 Å². The lowest BCUT2D eigenvalue weighted by atomic mass is 10.1. The van der Waals surface area contributed by atoms with Crippen molar-refractivity contribution in [3.63, 3.8) is 0 Å². The van der Waals surface area contributed by atoms with Gasteiger partial charge in [-0.3, -0.25) is 5.10 Å². The molecule has 1 atom stereocenters. The second-order valence-corrected chi connectivity index (χ2v) is 5.36. The van der Waals surface area contributed by atoms with Crippen LogP contribution in [0.5, 0.6) is 17.2 Å². The van der Waals surface area contributed by atoms with Crippen molar-refractivity contribution in [3.8, 4) is 28.6 Å². The van der Waals surface area contributed by atoms with Crippen LogP contribution in [-0.4, -0.2) is 36.5 Å². The van der Waals surface area contributed by atoms with E-state index < -0.39 is 6.04 Å². The van der Waals surface area contributed by atoms with Gasteiger partial charge in [0.15, 0.2) is 17.3 Å². The predicted octanol–water partition coefficient (Wildman–Crippen LogP) is 2.55. The van der Waals surface area contributed by atoms with Gasteiger partial charge in [-0.15, -0.1) is 0 Å². The molecule has 0 amide bonds. The van der Waals surface area contributed by atoms with Crippen LogP contribution in [0, 0.1) is 0 Å². The van der Waals surface area contributed by atoms with Crippen LogP contribution in [0.1, 0.15) is 17.4 Å². The minimum absolute atomic E-state index is 0.410. The third-order valence-corrected chi connectivity index (χ3v) is 3.91. The van der Waals surface area contributed by atoms with Crippen LogP contribution in [0.2, 0.25) is 0 Å². The van der Waals surface area contributed by atoms with Gasteiger partial charge in [0, 0.05) is 5.56 Å². The standard InChI is InChI=1S/C18H20N4O3/c1-23-13-7-4-11(5-8-13)16(19)18-20-17(21-22-18)12-6-9-14(24-2)15(10-12)25-3/h4-10,16H,19H2,1-3H3,(H,20,21,22)/t16-/m1/s1. The van der Waals surface area contributed by atoms with Crippen molar-refractivity contribution in [2.75, 3.05) is 21.3 Å². The number of aromatic nitrogens is 3. The first-order chi connectivity index (χ1) is 12.2. The van der Waals surface area contributed by atoms with Crippen molar-refractivity contribution in [3.05, 3.63) is 53.9 Å². The minimum Gasteiger partial charge on any atom is -0.497 e. The molecule has 1 aromatic heterocycles. The summed E-state index contributed by atoms with van der Waals surface area (Å²) in [5, 5.41) is 7.17. The maximum atomic E-state index is 6.28. The third-order valence-electron chi connectivity index (χ3n) is 3.91. The molecule has 0 spiro atoms. The molecule has 0 aliphatic rings. The molecule has 3 rings (SSSR count). The Labute approximate surface area is 145 Å². The normalized spacial score (nSPS) is 11.8. The lowest BCUT2D eigenvalue weighted by Crippen LogP contribution is -2.13. The Bertz CT molecular complexity index is 846. The van der Waals surface area contributed by atoms with Crippen molar-refractivity contribution in [1.29, 1.82) is 0 Å². The Balaban J connectivity index is 1.86. The molecule has 0 unspecified atom stereocenters. The largest absolute Gasteiger partial charge is 0.497 e. The van der Waals surface area contributed by atoms with E-state index in [1.165, 1.54) is 0 Å². The van der Waals surface area contributed by atoms with E-state index in [9.17, 15) is 0 Å². The molecule has 3 N–H and O–H groups in total. The molecule has 7 heteroatoms. The van der Waals surface area contributed by atoms with Gasteiger partial charge >= 0.3 is 0 Å². The summed E-state index contributed by atoms with van der Waals surface area (Å²) in [5.41, 5.74) is 8.00. The zero-order chi connectivity index (χ0) is 17.8. The van der Waals surface area contributed by atoms with Crippen LogP contribution in [-0.2, 0) is 0 Å². The second kappa shape index (κ2) is 7.23. The van der Waals surface area contributed by atoms with Gasteiger partial charge in [0.05, 0.1) is 27.4 Å². The SMILES string of the molecule is COc1ccc([C@@H](N)c2nc(-c3ccc(OC)c(OC)c3)n[nH]2)cc1. The first-order valence-corrected chi connectivity index (χ1v) is 7.70. The molecule has 0 bridgehead atoms. The number of benzene rings is 2. The van der Waals surface area contributed by atoms with E-state index in [1.54, 1.807) is 21.3 Å². The zero-order valence-electron chi connectivity index (χ0n) is 14.3. The number of aromatic amines is 1. The second-order valence-electron chi connectivity index (χ2n) is 5.36. The van der Waals surface area contributed by atoms with Gasteiger partial charge in [-0.05, 0) is 35.9 Å². The van der Waals surface area contributed by atoms with Gasteiger partial charge < -0.3 is 19.9 Å². The van der Waals surface area contributed by atoms with E-state index in [2.05, 4.69) is 15.2 Å². The highest BCUT2D eigenvalue weighted by atomic mass is 16.5. The number of nitrogens with zero attached hydrogens (tertiary/aromatic N) is 2. The van der Waals surface area contributed by atoms with Gasteiger partial charge in [-0.2, -0.15) is 5.10 Å². The fraction of sp³-hybridized carbons (Fsp3) is 0.222. The monoisotopic (exact) mass is 340 g/mol. The first kappa shape index (κ1) is 16.8. The van der Waals surface area contributed by atoms with Gasteiger partial charge in [0.1, 0.15) is 11.6 Å². The maximum absolute atomic E-state index is 6.28. The average molecular weight is 340 g/mol. The van der Waals surface area contributed by atoms with Crippen LogP contribution in [0.4, 0.5) is 0 Å². The number of nitrogens with one attached hydrogen (secondary N) is 1. The number of H-pyrrole nitrogens is 1. The van der Waals surface area contributed by atoms with Gasteiger partial charge in [-0.1, -0.05) is 12.1 Å². The molecule has 7 nitrogen and oxygen atoms in total. The highest BCUT2D eigenvalue weighted by Crippen LogP contribution is 2.31. The van der Waals surface area contributed by atoms with Crippen molar-refractivity contribution in [1.82, 2.24) is 15.2 Å². The molecule has 2 aromatic carbocycles. The van der Waals surface area contributed by atoms with E-state index in [0.29, 0.717) is 23.1 Å². The zero-order valence-corrected chi connectivity index (χ0v) is 14.3. The maximum Gasteiger partial charge on any atom is 0.181 e. The number of ether oxygens (including phenoxy) is 3. The Morgan fingerprint density at radius 1 is 0.920 bits per heavy atom. The summed E-state index contributed by atoms with van der Waals surface area (Å²) in [4.78, 5) is 4.51. The lowest BCUT2D eigenvalue weighted by Gasteiger charge is -2.09. The molecule has 0 fully saturated rings. The Hall–Kier alpha value is -3.06. The molecule has 0 saturated heterocycles. The summed E-state index contributed by atoms with van der Waals surface area (Å²) in [7, 11) is 4.81. The summed E-state index contributed by atoms with van der Waals surface area (Å²) in [5.74, 6) is 3.16. The minimum atomic E-state index is -0.410. The number of methoxy groups -OCH3 is 3. The Kier molecular flexibility index (Phi) is 4.85. The summed E-state index contributed by atoms with van der Waals surface area (Å²) in [6.07, 6.45) is 0. The topological polar surface area (TPSA) is 95.3 Å². The van der Waals surface area contributed by atoms with Crippen LogP contribution < -0.4 is 19.9 Å². The highest BCUT2D eigenvalue weighted by molar-refractivity contribution is 5.61. The van der Waals surface area contributed by atoms with E-state index in [4.69, 9.17) is 19.9 Å². The Morgan fingerprint density at radius 3 is 2.28 bits per heavy atom. The Morgan fingerprint density at radius 2 is 1.64 bits per heavy atom. The summed E-state index contributed by atoms with van der Waals surface area (Å²) in [6.45, 7) is 0. The van der Waals surface area contributed by atoms with E-state index in [1.807, 2.05) is 42.5 Å². The molecule has 0 radical (unpaired) electrons. The molecule has 25 heavy (non-hydrogen) atoms. The van der Waals surface area contributed by atoms with Crippen molar-refractivity contribution in [2.24, 2.45) is 5.73 Å². The molecule has 0 aliphatic heterocycles. The van der Waals surface area contributed by atoms with Crippen molar-refractivity contribution in [2.45, 2.75) is 6.04 Å². The number of hydrogen-bond acceptors (Lipinski definition) is 6. The number of hydrogen-bond donors (Lipinski definition) is 2. The van der Waals surface area contributed by atoms with E-state index >= 15 is 0 Å². The summed E-state index contributed by atoms with van der Waals surface area (Å²) >= 11 is 0. The molecule has 130 valence electrons. The van der Waals surface area contributed by atoms with Gasteiger partial charge in [0.25, 0.3) is 0 Å². The predicted molar refractivity (Wildman–Crippen MR) is 93.9 cm³/mol. The van der Waals surface area contributed by atoms with Gasteiger partial charge in [-0.25, -0.2) is 4.98 Å². The number of rotatable bonds is 6. The smallest absolute Gasteiger partial charge is 0.181 e.